The highest BCUT2D eigenvalue weighted by molar-refractivity contribution is 6.47. The van der Waals surface area contributed by atoms with E-state index in [2.05, 4.69) is 38.7 Å². The second-order valence-corrected chi connectivity index (χ2v) is 5.13. The van der Waals surface area contributed by atoms with Gasteiger partial charge in [0.2, 0.25) is 0 Å². The van der Waals surface area contributed by atoms with Gasteiger partial charge in [-0.2, -0.15) is 20.7 Å². The topological polar surface area (TPSA) is 113 Å². The predicted molar refractivity (Wildman–Crippen MR) is 86.9 cm³/mol. The molecule has 1 rings (SSSR count). The van der Waals surface area contributed by atoms with E-state index in [1.54, 1.807) is 6.92 Å². The van der Waals surface area contributed by atoms with Crippen LogP contribution in [0.3, 0.4) is 0 Å². The second kappa shape index (κ2) is 8.58. The minimum absolute atomic E-state index is 0.148. The van der Waals surface area contributed by atoms with E-state index in [1.807, 2.05) is 19.9 Å². The molecule has 0 fully saturated rings. The molecule has 2 N–H and O–H groups in total. The molecule has 0 aromatic carbocycles. The molecular weight excluding hydrogens is 278 g/mol. The number of unbranched alkanes of at least 4 members (excludes halogenated alkanes) is 1. The van der Waals surface area contributed by atoms with Gasteiger partial charge in [0.05, 0.1) is 11.4 Å². The molecule has 0 aliphatic carbocycles. The SMILES string of the molecule is CCCCN=C(C)C(C#N)=NNc1n[nH]c(C(C)C)c1C#N. The number of hydrazone groups is 1. The number of H-pyrrole nitrogens is 1. The Kier molecular flexibility index (Phi) is 6.78. The Morgan fingerprint density at radius 2 is 2.14 bits per heavy atom. The van der Waals surface area contributed by atoms with Gasteiger partial charge in [-0.15, -0.1) is 0 Å². The highest BCUT2D eigenvalue weighted by Gasteiger charge is 2.15. The molecule has 116 valence electrons. The van der Waals surface area contributed by atoms with Gasteiger partial charge in [0, 0.05) is 6.54 Å². The minimum Gasteiger partial charge on any atom is -0.287 e. The van der Waals surface area contributed by atoms with Crippen molar-refractivity contribution in [2.75, 3.05) is 12.0 Å². The van der Waals surface area contributed by atoms with Gasteiger partial charge < -0.3 is 0 Å². The van der Waals surface area contributed by atoms with Crippen LogP contribution in [0, 0.1) is 22.7 Å². The van der Waals surface area contributed by atoms with E-state index in [0.717, 1.165) is 18.5 Å². The molecule has 7 nitrogen and oxygen atoms in total. The number of nitrogens with one attached hydrogen (secondary N) is 2. The van der Waals surface area contributed by atoms with Crippen LogP contribution in [-0.2, 0) is 0 Å². The van der Waals surface area contributed by atoms with Crippen molar-refractivity contribution in [3.05, 3.63) is 11.3 Å². The molecule has 0 aliphatic rings. The fraction of sp³-hybridized carbons (Fsp3) is 0.533. The summed E-state index contributed by atoms with van der Waals surface area (Å²) < 4.78 is 0. The number of aliphatic imine (C=N–C) groups is 1. The van der Waals surface area contributed by atoms with E-state index in [4.69, 9.17) is 5.26 Å². The average Bonchev–Trinajstić information content (AvgIpc) is 2.91. The van der Waals surface area contributed by atoms with Crippen molar-refractivity contribution in [3.63, 3.8) is 0 Å². The van der Waals surface area contributed by atoms with E-state index in [0.29, 0.717) is 23.6 Å². The average molecular weight is 299 g/mol. The summed E-state index contributed by atoms with van der Waals surface area (Å²) in [6.45, 7) is 8.43. The summed E-state index contributed by atoms with van der Waals surface area (Å²) in [7, 11) is 0. The summed E-state index contributed by atoms with van der Waals surface area (Å²) in [6.07, 6.45) is 2.02. The lowest BCUT2D eigenvalue weighted by Gasteiger charge is -2.01. The third kappa shape index (κ3) is 4.42. The van der Waals surface area contributed by atoms with Crippen LogP contribution in [-0.4, -0.2) is 28.2 Å². The van der Waals surface area contributed by atoms with Gasteiger partial charge in [0.25, 0.3) is 0 Å². The van der Waals surface area contributed by atoms with E-state index >= 15 is 0 Å². The normalized spacial score (nSPS) is 12.1. The van der Waals surface area contributed by atoms with E-state index < -0.39 is 0 Å². The molecule has 1 aromatic rings. The lowest BCUT2D eigenvalue weighted by atomic mass is 10.1. The van der Waals surface area contributed by atoms with E-state index in [9.17, 15) is 5.26 Å². The highest BCUT2D eigenvalue weighted by Crippen LogP contribution is 2.22. The first-order chi connectivity index (χ1) is 10.5. The van der Waals surface area contributed by atoms with Crippen LogP contribution in [0.5, 0.6) is 0 Å². The zero-order valence-electron chi connectivity index (χ0n) is 13.4. The van der Waals surface area contributed by atoms with Crippen molar-refractivity contribution in [3.8, 4) is 12.1 Å². The lowest BCUT2D eigenvalue weighted by molar-refractivity contribution is 0.808. The Morgan fingerprint density at radius 3 is 2.68 bits per heavy atom. The molecule has 0 amide bonds. The van der Waals surface area contributed by atoms with E-state index in [1.165, 1.54) is 0 Å². The van der Waals surface area contributed by atoms with Crippen LogP contribution in [0.1, 0.15) is 57.7 Å². The van der Waals surface area contributed by atoms with Gasteiger partial charge >= 0.3 is 0 Å². The number of aromatic amines is 1. The fourth-order valence-electron chi connectivity index (χ4n) is 1.74. The lowest BCUT2D eigenvalue weighted by Crippen LogP contribution is -2.11. The zero-order valence-corrected chi connectivity index (χ0v) is 13.4. The van der Waals surface area contributed by atoms with Crippen molar-refractivity contribution in [1.29, 1.82) is 10.5 Å². The number of hydrogen-bond acceptors (Lipinski definition) is 6. The molecule has 0 atom stereocenters. The minimum atomic E-state index is 0.148. The molecule has 0 radical (unpaired) electrons. The van der Waals surface area contributed by atoms with Gasteiger partial charge in [0.1, 0.15) is 17.7 Å². The maximum atomic E-state index is 9.22. The summed E-state index contributed by atoms with van der Waals surface area (Å²) >= 11 is 0. The van der Waals surface area contributed by atoms with Crippen LogP contribution in [0.25, 0.3) is 0 Å². The van der Waals surface area contributed by atoms with Crippen molar-refractivity contribution in [2.24, 2.45) is 10.1 Å². The molecule has 0 unspecified atom stereocenters. The molecule has 0 bridgehead atoms. The van der Waals surface area contributed by atoms with Crippen molar-refractivity contribution in [2.45, 2.75) is 46.5 Å². The first kappa shape index (κ1) is 17.4. The summed E-state index contributed by atoms with van der Waals surface area (Å²) in [5.74, 6) is 0.467. The Hall–Kier alpha value is -2.67. The molecule has 22 heavy (non-hydrogen) atoms. The summed E-state index contributed by atoms with van der Waals surface area (Å²) in [6, 6.07) is 4.10. The Balaban J connectivity index is 2.93. The number of nitrogens with zero attached hydrogens (tertiary/aromatic N) is 5. The van der Waals surface area contributed by atoms with Crippen LogP contribution in [0.15, 0.2) is 10.1 Å². The Bertz CT molecular complexity index is 638. The van der Waals surface area contributed by atoms with Crippen LogP contribution >= 0.6 is 0 Å². The van der Waals surface area contributed by atoms with E-state index in [-0.39, 0.29) is 11.6 Å². The van der Waals surface area contributed by atoms with Crippen molar-refractivity contribution in [1.82, 2.24) is 10.2 Å². The molecule has 0 aliphatic heterocycles. The highest BCUT2D eigenvalue weighted by atomic mass is 15.4. The fourth-order valence-corrected chi connectivity index (χ4v) is 1.74. The maximum absolute atomic E-state index is 9.22. The van der Waals surface area contributed by atoms with Gasteiger partial charge in [-0.1, -0.05) is 27.2 Å². The molecule has 1 heterocycles. The summed E-state index contributed by atoms with van der Waals surface area (Å²) in [5.41, 5.74) is 4.60. The third-order valence-electron chi connectivity index (χ3n) is 3.07. The maximum Gasteiger partial charge on any atom is 0.186 e. The first-order valence-corrected chi connectivity index (χ1v) is 7.28. The van der Waals surface area contributed by atoms with Crippen molar-refractivity contribution >= 4 is 17.2 Å². The number of hydrogen-bond donors (Lipinski definition) is 2. The van der Waals surface area contributed by atoms with Crippen LogP contribution in [0.2, 0.25) is 0 Å². The largest absolute Gasteiger partial charge is 0.287 e. The Labute approximate surface area is 130 Å². The predicted octanol–water partition coefficient (Wildman–Crippen LogP) is 2.96. The summed E-state index contributed by atoms with van der Waals surface area (Å²) in [4.78, 5) is 4.30. The number of rotatable bonds is 7. The quantitative estimate of drug-likeness (QED) is 0.457. The molecule has 0 saturated heterocycles. The molecule has 0 spiro atoms. The van der Waals surface area contributed by atoms with Gasteiger partial charge in [-0.3, -0.25) is 15.5 Å². The first-order valence-electron chi connectivity index (χ1n) is 7.28. The molecule has 7 heteroatoms. The standard InChI is InChI=1S/C15H21N7/c1-5-6-7-18-11(4)13(9-17)19-21-15-12(8-16)14(10(2)3)20-22-15/h10H,5-7H2,1-4H3,(H2,20,21,22). The second-order valence-electron chi connectivity index (χ2n) is 5.13. The van der Waals surface area contributed by atoms with Gasteiger partial charge in [0.15, 0.2) is 11.5 Å². The summed E-state index contributed by atoms with van der Waals surface area (Å²) in [5, 5.41) is 29.2. The van der Waals surface area contributed by atoms with Crippen LogP contribution in [0.4, 0.5) is 5.82 Å². The van der Waals surface area contributed by atoms with Crippen molar-refractivity contribution < 1.29 is 0 Å². The number of aromatic nitrogens is 2. The molecular formula is C15H21N7. The van der Waals surface area contributed by atoms with Crippen LogP contribution < -0.4 is 5.43 Å². The smallest absolute Gasteiger partial charge is 0.186 e. The number of nitriles is 2. The molecule has 0 saturated carbocycles. The zero-order chi connectivity index (χ0) is 16.5. The third-order valence-corrected chi connectivity index (χ3v) is 3.07. The Morgan fingerprint density at radius 1 is 1.41 bits per heavy atom. The monoisotopic (exact) mass is 299 g/mol. The number of anilines is 1. The van der Waals surface area contributed by atoms with Gasteiger partial charge in [-0.05, 0) is 19.3 Å². The molecule has 1 aromatic heterocycles. The van der Waals surface area contributed by atoms with Gasteiger partial charge in [-0.25, -0.2) is 0 Å².